The van der Waals surface area contributed by atoms with Gasteiger partial charge in [0.05, 0.1) is 21.9 Å². The van der Waals surface area contributed by atoms with Crippen LogP contribution in [-0.4, -0.2) is 23.1 Å². The average Bonchev–Trinajstić information content (AvgIpc) is 2.07. The maximum Gasteiger partial charge on any atom is 0.261 e. The first-order valence-corrected chi connectivity index (χ1v) is 8.81. The van der Waals surface area contributed by atoms with E-state index in [0.717, 1.165) is 12.3 Å². The highest BCUT2D eigenvalue weighted by atomic mass is 35.7. The lowest BCUT2D eigenvalue weighted by Gasteiger charge is -2.10. The number of benzene rings is 1. The lowest BCUT2D eigenvalue weighted by Crippen LogP contribution is -2.11. The van der Waals surface area contributed by atoms with E-state index in [0.29, 0.717) is 5.56 Å². The number of anilines is 1. The van der Waals surface area contributed by atoms with Crippen molar-refractivity contribution in [3.8, 4) is 0 Å². The second kappa shape index (κ2) is 4.64. The molecule has 0 aromatic heterocycles. The quantitative estimate of drug-likeness (QED) is 0.864. The Morgan fingerprint density at radius 1 is 1.18 bits per heavy atom. The average molecular weight is 318 g/mol. The van der Waals surface area contributed by atoms with Crippen LogP contribution in [0.4, 0.5) is 5.69 Å². The van der Waals surface area contributed by atoms with Gasteiger partial charge in [0, 0.05) is 10.7 Å². The maximum absolute atomic E-state index is 11.1. The van der Waals surface area contributed by atoms with Crippen LogP contribution in [0.5, 0.6) is 0 Å². The molecule has 0 aliphatic rings. The summed E-state index contributed by atoms with van der Waals surface area (Å²) in [7, 11) is -2.22. The van der Waals surface area contributed by atoms with Crippen LogP contribution < -0.4 is 4.72 Å². The lowest BCUT2D eigenvalue weighted by atomic mass is 10.2. The highest BCUT2D eigenvalue weighted by molar-refractivity contribution is 8.13. The molecule has 0 atom stereocenters. The van der Waals surface area contributed by atoms with Crippen molar-refractivity contribution in [1.29, 1.82) is 0 Å². The molecular formula is C8H9Cl2NO4S2. The number of rotatable bonds is 3. The monoisotopic (exact) mass is 317 g/mol. The number of hydrogen-bond acceptors (Lipinski definition) is 4. The summed E-state index contributed by atoms with van der Waals surface area (Å²) in [6.07, 6.45) is 0.967. The predicted octanol–water partition coefficient (Wildman–Crippen LogP) is 1.95. The van der Waals surface area contributed by atoms with E-state index in [-0.39, 0.29) is 15.6 Å². The van der Waals surface area contributed by atoms with E-state index < -0.39 is 19.1 Å². The highest BCUT2D eigenvalue weighted by Gasteiger charge is 2.16. The van der Waals surface area contributed by atoms with E-state index in [4.69, 9.17) is 22.3 Å². The summed E-state index contributed by atoms with van der Waals surface area (Å²) >= 11 is 5.80. The number of hydrogen-bond donors (Lipinski definition) is 1. The van der Waals surface area contributed by atoms with Crippen molar-refractivity contribution in [3.63, 3.8) is 0 Å². The van der Waals surface area contributed by atoms with Crippen LogP contribution in [0.1, 0.15) is 5.56 Å². The van der Waals surface area contributed by atoms with Gasteiger partial charge in [-0.05, 0) is 24.6 Å². The van der Waals surface area contributed by atoms with E-state index >= 15 is 0 Å². The first-order valence-electron chi connectivity index (χ1n) is 4.23. The molecule has 0 bridgehead atoms. The smallest absolute Gasteiger partial charge is 0.261 e. The summed E-state index contributed by atoms with van der Waals surface area (Å²) < 4.78 is 46.5. The standard InChI is InChI=1S/C8H9Cl2NO4S2/c1-5-3-6(17(10,14)15)4-7(9)8(5)11-16(2,12)13/h3-4,11H,1-2H3. The zero-order chi connectivity index (χ0) is 13.4. The molecule has 0 aliphatic heterocycles. The van der Waals surface area contributed by atoms with Crippen LogP contribution in [0.15, 0.2) is 17.0 Å². The second-order valence-corrected chi connectivity index (χ2v) is 8.13. The summed E-state index contributed by atoms with van der Waals surface area (Å²) in [5.41, 5.74) is 0.500. The Kier molecular flexibility index (Phi) is 3.97. The fourth-order valence-electron chi connectivity index (χ4n) is 1.17. The third-order valence-corrected chi connectivity index (χ3v) is 4.04. The molecular weight excluding hydrogens is 309 g/mol. The Morgan fingerprint density at radius 2 is 1.71 bits per heavy atom. The van der Waals surface area contributed by atoms with Gasteiger partial charge < -0.3 is 0 Å². The fourth-order valence-corrected chi connectivity index (χ4v) is 3.09. The van der Waals surface area contributed by atoms with Crippen molar-refractivity contribution in [3.05, 3.63) is 22.7 Å². The van der Waals surface area contributed by atoms with Gasteiger partial charge in [0.25, 0.3) is 9.05 Å². The predicted molar refractivity (Wildman–Crippen MR) is 67.7 cm³/mol. The van der Waals surface area contributed by atoms with Gasteiger partial charge in [0.2, 0.25) is 10.0 Å². The highest BCUT2D eigenvalue weighted by Crippen LogP contribution is 2.31. The van der Waals surface area contributed by atoms with Crippen molar-refractivity contribution in [1.82, 2.24) is 0 Å². The molecule has 1 rings (SSSR count). The van der Waals surface area contributed by atoms with Crippen molar-refractivity contribution >= 4 is 47.0 Å². The summed E-state index contributed by atoms with van der Waals surface area (Å²) in [4.78, 5) is -0.180. The Morgan fingerprint density at radius 3 is 2.06 bits per heavy atom. The first kappa shape index (κ1) is 14.6. The SMILES string of the molecule is Cc1cc(S(=O)(=O)Cl)cc(Cl)c1NS(C)(=O)=O. The topological polar surface area (TPSA) is 80.3 Å². The third kappa shape index (κ3) is 4.02. The Labute approximate surface area is 109 Å². The second-order valence-electron chi connectivity index (χ2n) is 3.41. The Hall–Kier alpha value is -0.500. The number of nitrogens with one attached hydrogen (secondary N) is 1. The zero-order valence-electron chi connectivity index (χ0n) is 8.86. The zero-order valence-corrected chi connectivity index (χ0v) is 12.0. The number of aryl methyl sites for hydroxylation is 1. The molecule has 1 N–H and O–H groups in total. The minimum atomic E-state index is -3.90. The Bertz CT molecular complexity index is 629. The van der Waals surface area contributed by atoms with Crippen LogP contribution in [-0.2, 0) is 19.1 Å². The summed E-state index contributed by atoms with van der Waals surface area (Å²) in [5.74, 6) is 0. The molecule has 0 fully saturated rings. The molecule has 0 saturated heterocycles. The third-order valence-electron chi connectivity index (χ3n) is 1.83. The largest absolute Gasteiger partial charge is 0.282 e. The first-order chi connectivity index (χ1) is 7.50. The minimum Gasteiger partial charge on any atom is -0.282 e. The molecule has 96 valence electrons. The van der Waals surface area contributed by atoms with Crippen LogP contribution in [0.25, 0.3) is 0 Å². The van der Waals surface area contributed by atoms with Gasteiger partial charge >= 0.3 is 0 Å². The fraction of sp³-hybridized carbons (Fsp3) is 0.250. The molecule has 9 heteroatoms. The van der Waals surface area contributed by atoms with E-state index in [1.54, 1.807) is 0 Å². The van der Waals surface area contributed by atoms with E-state index in [9.17, 15) is 16.8 Å². The van der Waals surface area contributed by atoms with Gasteiger partial charge in [-0.2, -0.15) is 0 Å². The van der Waals surface area contributed by atoms with Crippen LogP contribution >= 0.6 is 22.3 Å². The Balaban J connectivity index is 3.40. The summed E-state index contributed by atoms with van der Waals surface area (Å²) in [6.45, 7) is 1.52. The molecule has 0 radical (unpaired) electrons. The van der Waals surface area contributed by atoms with Gasteiger partial charge in [-0.1, -0.05) is 11.6 Å². The van der Waals surface area contributed by atoms with Gasteiger partial charge in [0.1, 0.15) is 0 Å². The van der Waals surface area contributed by atoms with Crippen molar-refractivity contribution in [2.45, 2.75) is 11.8 Å². The van der Waals surface area contributed by atoms with Crippen molar-refractivity contribution in [2.75, 3.05) is 11.0 Å². The van der Waals surface area contributed by atoms with E-state index in [2.05, 4.69) is 4.72 Å². The molecule has 5 nitrogen and oxygen atoms in total. The minimum absolute atomic E-state index is 0.0327. The molecule has 0 amide bonds. The molecule has 0 heterocycles. The van der Waals surface area contributed by atoms with Gasteiger partial charge in [0.15, 0.2) is 0 Å². The normalized spacial score (nSPS) is 12.5. The molecule has 1 aromatic carbocycles. The molecule has 0 spiro atoms. The summed E-state index contributed by atoms with van der Waals surface area (Å²) in [6, 6.07) is 2.33. The van der Waals surface area contributed by atoms with Gasteiger partial charge in [-0.15, -0.1) is 0 Å². The molecule has 17 heavy (non-hydrogen) atoms. The lowest BCUT2D eigenvalue weighted by molar-refractivity contribution is 0.606. The number of halogens is 2. The van der Waals surface area contributed by atoms with Gasteiger partial charge in [-0.25, -0.2) is 16.8 Å². The molecule has 1 aromatic rings. The van der Waals surface area contributed by atoms with Crippen LogP contribution in [0.3, 0.4) is 0 Å². The van der Waals surface area contributed by atoms with Gasteiger partial charge in [-0.3, -0.25) is 4.72 Å². The van der Waals surface area contributed by atoms with Crippen molar-refractivity contribution < 1.29 is 16.8 Å². The molecule has 0 saturated carbocycles. The number of sulfonamides is 1. The van der Waals surface area contributed by atoms with E-state index in [1.165, 1.54) is 13.0 Å². The van der Waals surface area contributed by atoms with Crippen LogP contribution in [0, 0.1) is 6.92 Å². The molecule has 0 aliphatic carbocycles. The van der Waals surface area contributed by atoms with Crippen molar-refractivity contribution in [2.24, 2.45) is 0 Å². The molecule has 0 unspecified atom stereocenters. The summed E-state index contributed by atoms with van der Waals surface area (Å²) in [5, 5.41) is -0.0327. The maximum atomic E-state index is 11.1. The van der Waals surface area contributed by atoms with Crippen LogP contribution in [0.2, 0.25) is 5.02 Å². The van der Waals surface area contributed by atoms with E-state index in [1.807, 2.05) is 0 Å².